The van der Waals surface area contributed by atoms with Crippen LogP contribution < -0.4 is 10.6 Å². The lowest BCUT2D eigenvalue weighted by Gasteiger charge is -2.23. The number of hydrogen-bond acceptors (Lipinski definition) is 3. The molecule has 1 aliphatic rings. The Labute approximate surface area is 133 Å². The van der Waals surface area contributed by atoms with Gasteiger partial charge in [-0.25, -0.2) is 0 Å². The Kier molecular flexibility index (Phi) is 6.77. The first-order valence-electron chi connectivity index (χ1n) is 8.31. The lowest BCUT2D eigenvalue weighted by Crippen LogP contribution is -2.49. The molecule has 22 heavy (non-hydrogen) atoms. The Balaban J connectivity index is 1.91. The Bertz CT molecular complexity index is 441. The monoisotopic (exact) mass is 307 g/mol. The van der Waals surface area contributed by atoms with E-state index in [-0.39, 0.29) is 0 Å². The number of rotatable bonds is 9. The van der Waals surface area contributed by atoms with Crippen LogP contribution in [0.4, 0.5) is 0 Å². The van der Waals surface area contributed by atoms with Crippen LogP contribution in [0.25, 0.3) is 0 Å². The van der Waals surface area contributed by atoms with Crippen LogP contribution >= 0.6 is 0 Å². The summed E-state index contributed by atoms with van der Waals surface area (Å²) in [5.41, 5.74) is 0. The van der Waals surface area contributed by atoms with Gasteiger partial charge in [-0.2, -0.15) is 0 Å². The van der Waals surface area contributed by atoms with Crippen molar-refractivity contribution in [2.24, 2.45) is 10.9 Å². The van der Waals surface area contributed by atoms with Crippen LogP contribution in [0.5, 0.6) is 0 Å². The van der Waals surface area contributed by atoms with Gasteiger partial charge in [0.05, 0.1) is 18.9 Å². The standard InChI is InChI=1S/C17H29N3O2/c1-4-13(2)19-17(18-10-9-15-6-5-11-22-15)20-16(12-21-3)14-7-8-14/h5-6,11,13-14,16H,4,7-10,12H2,1-3H3,(H2,18,19,20). The Hall–Kier alpha value is -1.49. The number of aliphatic imine (C=N–C) groups is 1. The maximum absolute atomic E-state index is 5.36. The van der Waals surface area contributed by atoms with E-state index in [2.05, 4.69) is 24.5 Å². The zero-order chi connectivity index (χ0) is 15.8. The molecule has 0 amide bonds. The van der Waals surface area contributed by atoms with E-state index in [0.29, 0.717) is 24.5 Å². The molecule has 2 N–H and O–H groups in total. The van der Waals surface area contributed by atoms with Gasteiger partial charge in [0.25, 0.3) is 0 Å². The molecule has 0 bridgehead atoms. The molecule has 0 saturated heterocycles. The maximum atomic E-state index is 5.36. The number of furan rings is 1. The van der Waals surface area contributed by atoms with Crippen molar-refractivity contribution >= 4 is 5.96 Å². The highest BCUT2D eigenvalue weighted by Crippen LogP contribution is 2.32. The van der Waals surface area contributed by atoms with E-state index in [1.54, 1.807) is 13.4 Å². The molecule has 2 unspecified atom stereocenters. The topological polar surface area (TPSA) is 58.8 Å². The van der Waals surface area contributed by atoms with E-state index in [4.69, 9.17) is 14.1 Å². The number of ether oxygens (including phenoxy) is 1. The first-order chi connectivity index (χ1) is 10.7. The van der Waals surface area contributed by atoms with E-state index in [0.717, 1.165) is 31.2 Å². The fourth-order valence-electron chi connectivity index (χ4n) is 2.35. The highest BCUT2D eigenvalue weighted by molar-refractivity contribution is 5.80. The maximum Gasteiger partial charge on any atom is 0.191 e. The Morgan fingerprint density at radius 2 is 2.27 bits per heavy atom. The molecule has 1 fully saturated rings. The summed E-state index contributed by atoms with van der Waals surface area (Å²) in [6, 6.07) is 4.65. The van der Waals surface area contributed by atoms with Gasteiger partial charge >= 0.3 is 0 Å². The van der Waals surface area contributed by atoms with Gasteiger partial charge in [0.15, 0.2) is 5.96 Å². The third kappa shape index (κ3) is 5.72. The van der Waals surface area contributed by atoms with Crippen LogP contribution in [0, 0.1) is 5.92 Å². The summed E-state index contributed by atoms with van der Waals surface area (Å²) in [6.45, 7) is 5.78. The molecule has 0 aliphatic heterocycles. The van der Waals surface area contributed by atoms with Gasteiger partial charge in [0, 0.05) is 26.1 Å². The summed E-state index contributed by atoms with van der Waals surface area (Å²) < 4.78 is 10.7. The van der Waals surface area contributed by atoms with Crippen molar-refractivity contribution in [3.8, 4) is 0 Å². The Morgan fingerprint density at radius 3 is 2.86 bits per heavy atom. The van der Waals surface area contributed by atoms with Crippen LogP contribution in [0.15, 0.2) is 27.8 Å². The molecule has 1 saturated carbocycles. The molecule has 2 atom stereocenters. The predicted molar refractivity (Wildman–Crippen MR) is 89.1 cm³/mol. The third-order valence-corrected chi connectivity index (χ3v) is 4.06. The summed E-state index contributed by atoms with van der Waals surface area (Å²) in [6.07, 6.45) is 6.15. The van der Waals surface area contributed by atoms with Gasteiger partial charge in [-0.05, 0) is 44.2 Å². The molecule has 5 heteroatoms. The molecule has 0 aromatic carbocycles. The largest absolute Gasteiger partial charge is 0.469 e. The van der Waals surface area contributed by atoms with Crippen molar-refractivity contribution in [2.75, 3.05) is 20.3 Å². The number of methoxy groups -OCH3 is 1. The minimum absolute atomic E-state index is 0.351. The number of nitrogens with zero attached hydrogens (tertiary/aromatic N) is 1. The zero-order valence-electron chi connectivity index (χ0n) is 14.0. The van der Waals surface area contributed by atoms with Crippen molar-refractivity contribution < 1.29 is 9.15 Å². The van der Waals surface area contributed by atoms with Crippen LogP contribution in [0.1, 0.15) is 38.9 Å². The summed E-state index contributed by atoms with van der Waals surface area (Å²) in [5, 5.41) is 7.02. The van der Waals surface area contributed by atoms with Gasteiger partial charge in [-0.3, -0.25) is 4.99 Å². The highest BCUT2D eigenvalue weighted by Gasteiger charge is 2.31. The second-order valence-electron chi connectivity index (χ2n) is 6.06. The van der Waals surface area contributed by atoms with Crippen molar-refractivity contribution in [2.45, 2.75) is 51.6 Å². The molecular formula is C17H29N3O2. The fourth-order valence-corrected chi connectivity index (χ4v) is 2.35. The fraction of sp³-hybridized carbons (Fsp3) is 0.706. The van der Waals surface area contributed by atoms with Gasteiger partial charge in [0.2, 0.25) is 0 Å². The zero-order valence-corrected chi connectivity index (χ0v) is 14.0. The highest BCUT2D eigenvalue weighted by atomic mass is 16.5. The van der Waals surface area contributed by atoms with Crippen molar-refractivity contribution in [3.05, 3.63) is 24.2 Å². The summed E-state index contributed by atoms with van der Waals surface area (Å²) in [7, 11) is 1.76. The molecule has 5 nitrogen and oxygen atoms in total. The van der Waals surface area contributed by atoms with Crippen LogP contribution in [0.2, 0.25) is 0 Å². The first-order valence-corrected chi connectivity index (χ1v) is 8.31. The summed E-state index contributed by atoms with van der Waals surface area (Å²) in [5.74, 6) is 2.58. The molecule has 1 aromatic heterocycles. The molecule has 0 spiro atoms. The molecule has 124 valence electrons. The molecular weight excluding hydrogens is 278 g/mol. The number of guanidine groups is 1. The van der Waals surface area contributed by atoms with E-state index >= 15 is 0 Å². The Morgan fingerprint density at radius 1 is 1.45 bits per heavy atom. The SMILES string of the molecule is CCC(C)NC(=NCCc1ccco1)NC(COC)C1CC1. The lowest BCUT2D eigenvalue weighted by atomic mass is 10.2. The van der Waals surface area contributed by atoms with E-state index in [1.807, 2.05) is 12.1 Å². The van der Waals surface area contributed by atoms with E-state index in [9.17, 15) is 0 Å². The predicted octanol–water partition coefficient (Wildman–Crippen LogP) is 2.58. The van der Waals surface area contributed by atoms with Crippen LogP contribution in [-0.2, 0) is 11.2 Å². The molecule has 1 aromatic rings. The smallest absolute Gasteiger partial charge is 0.191 e. The van der Waals surface area contributed by atoms with Crippen molar-refractivity contribution in [1.29, 1.82) is 0 Å². The minimum Gasteiger partial charge on any atom is -0.469 e. The molecule has 1 aliphatic carbocycles. The van der Waals surface area contributed by atoms with Gasteiger partial charge < -0.3 is 19.8 Å². The summed E-state index contributed by atoms with van der Waals surface area (Å²) >= 11 is 0. The quantitative estimate of drug-likeness (QED) is 0.544. The van der Waals surface area contributed by atoms with Crippen molar-refractivity contribution in [1.82, 2.24) is 10.6 Å². The van der Waals surface area contributed by atoms with E-state index < -0.39 is 0 Å². The minimum atomic E-state index is 0.351. The molecule has 1 heterocycles. The number of hydrogen-bond donors (Lipinski definition) is 2. The summed E-state index contributed by atoms with van der Waals surface area (Å²) in [4.78, 5) is 4.70. The second kappa shape index (κ2) is 8.83. The van der Waals surface area contributed by atoms with Gasteiger partial charge in [-0.15, -0.1) is 0 Å². The van der Waals surface area contributed by atoms with Gasteiger partial charge in [-0.1, -0.05) is 6.92 Å². The van der Waals surface area contributed by atoms with E-state index in [1.165, 1.54) is 12.8 Å². The number of nitrogens with one attached hydrogen (secondary N) is 2. The average molecular weight is 307 g/mol. The lowest BCUT2D eigenvalue weighted by molar-refractivity contribution is 0.165. The third-order valence-electron chi connectivity index (χ3n) is 4.06. The van der Waals surface area contributed by atoms with Crippen molar-refractivity contribution in [3.63, 3.8) is 0 Å². The normalized spacial score (nSPS) is 18.0. The van der Waals surface area contributed by atoms with Crippen LogP contribution in [-0.4, -0.2) is 38.3 Å². The molecule has 0 radical (unpaired) electrons. The average Bonchev–Trinajstić information content (AvgIpc) is 3.23. The van der Waals surface area contributed by atoms with Gasteiger partial charge in [0.1, 0.15) is 5.76 Å². The first kappa shape index (κ1) is 16.9. The second-order valence-corrected chi connectivity index (χ2v) is 6.06. The van der Waals surface area contributed by atoms with Crippen LogP contribution in [0.3, 0.4) is 0 Å². The molecule has 2 rings (SSSR count).